The van der Waals surface area contributed by atoms with Gasteiger partial charge in [-0.15, -0.1) is 35.3 Å². The average molecular weight is 580 g/mol. The van der Waals surface area contributed by atoms with Crippen LogP contribution in [0.1, 0.15) is 25.0 Å². The summed E-state index contributed by atoms with van der Waals surface area (Å²) < 4.78 is 7.27. The molecule has 1 aromatic rings. The van der Waals surface area contributed by atoms with E-state index in [-0.39, 0.29) is 0 Å². The first-order chi connectivity index (χ1) is 16.9. The standard InChI is InChI=1S/C11H15NO2S.C10H18N4O4S3/c1-7-5-9(14-11(13)12-3)6-8(2)10(7)15-4;1-7(19-5)11-17-9(15)13(3)21-14(4)10(16)18-12-8(2)20-6/h5-6H,1-4H3,(H,12,13);1-6H3/b;11-7-,12-8-. The van der Waals surface area contributed by atoms with Gasteiger partial charge in [0, 0.05) is 26.0 Å². The van der Waals surface area contributed by atoms with Crippen molar-refractivity contribution in [3.05, 3.63) is 23.3 Å². The Bertz CT molecular complexity index is 900. The molecule has 1 rings (SSSR count). The zero-order chi connectivity index (χ0) is 27.8. The number of hydrogen-bond acceptors (Lipinski definition) is 12. The first kappa shape index (κ1) is 33.8. The number of rotatable bonds is 6. The number of thioether (sulfide) groups is 3. The fraction of sp³-hybridized carbons (Fsp3) is 0.476. The van der Waals surface area contributed by atoms with Gasteiger partial charge in [0.25, 0.3) is 0 Å². The quantitative estimate of drug-likeness (QED) is 0.110. The molecule has 0 spiro atoms. The average Bonchev–Trinajstić information content (AvgIpc) is 2.85. The molecule has 3 amide bonds. The molecule has 0 aliphatic carbocycles. The Labute approximate surface area is 229 Å². The fourth-order valence-electron chi connectivity index (χ4n) is 2.10. The molecule has 0 aliphatic heterocycles. The number of benzene rings is 1. The summed E-state index contributed by atoms with van der Waals surface area (Å²) in [4.78, 5) is 44.8. The van der Waals surface area contributed by atoms with Crippen LogP contribution in [0.2, 0.25) is 0 Å². The lowest BCUT2D eigenvalue weighted by molar-refractivity contribution is 0.131. The minimum absolute atomic E-state index is 0.439. The Kier molecular flexibility index (Phi) is 17.0. The summed E-state index contributed by atoms with van der Waals surface area (Å²) in [5, 5.41) is 10.8. The maximum Gasteiger partial charge on any atom is 0.447 e. The first-order valence-corrected chi connectivity index (χ1v) is 14.6. The van der Waals surface area contributed by atoms with Crippen LogP contribution in [0.4, 0.5) is 14.4 Å². The van der Waals surface area contributed by atoms with E-state index in [1.165, 1.54) is 49.6 Å². The molecule has 1 aromatic carbocycles. The Balaban J connectivity index is 0.000000717. The number of hydrogen-bond donors (Lipinski definition) is 1. The SMILES string of the molecule is CNC(=O)Oc1cc(C)c(SC)c(C)c1.CS/C(C)=N\OC(=O)N(C)SN(C)C(=O)O/N=C(/C)SC. The van der Waals surface area contributed by atoms with Gasteiger partial charge in [0.2, 0.25) is 0 Å². The van der Waals surface area contributed by atoms with E-state index in [4.69, 9.17) is 4.74 Å². The molecule has 0 radical (unpaired) electrons. The maximum absolute atomic E-state index is 11.6. The largest absolute Gasteiger partial charge is 0.447 e. The molecule has 0 fully saturated rings. The fourth-order valence-corrected chi connectivity index (χ4v) is 3.65. The van der Waals surface area contributed by atoms with E-state index in [2.05, 4.69) is 25.3 Å². The topological polar surface area (TPSA) is 122 Å². The molecule has 36 heavy (non-hydrogen) atoms. The molecule has 0 bridgehead atoms. The normalized spacial score (nSPS) is 11.1. The molecule has 0 atom stereocenters. The molecule has 0 heterocycles. The zero-order valence-electron chi connectivity index (χ0n) is 22.0. The lowest BCUT2D eigenvalue weighted by Gasteiger charge is -2.19. The molecule has 0 unspecified atom stereocenters. The monoisotopic (exact) mass is 579 g/mol. The third-order valence-electron chi connectivity index (χ3n) is 3.91. The van der Waals surface area contributed by atoms with Crippen molar-refractivity contribution in [2.45, 2.75) is 32.6 Å². The van der Waals surface area contributed by atoms with E-state index in [1.54, 1.807) is 25.6 Å². The molecule has 0 saturated heterocycles. The predicted octanol–water partition coefficient (Wildman–Crippen LogP) is 5.82. The highest BCUT2D eigenvalue weighted by atomic mass is 32.2. The Hall–Kier alpha value is -2.23. The number of aryl methyl sites for hydroxylation is 2. The molecular weight excluding hydrogens is 547 g/mol. The Morgan fingerprint density at radius 2 is 1.28 bits per heavy atom. The third-order valence-corrected chi connectivity index (χ3v) is 7.08. The van der Waals surface area contributed by atoms with Gasteiger partial charge < -0.3 is 10.1 Å². The highest BCUT2D eigenvalue weighted by molar-refractivity contribution is 8.13. The summed E-state index contributed by atoms with van der Waals surface area (Å²) in [6.45, 7) is 7.44. The first-order valence-electron chi connectivity index (χ1n) is 10.2. The van der Waals surface area contributed by atoms with Gasteiger partial charge in [-0.25, -0.2) is 23.0 Å². The smallest absolute Gasteiger partial charge is 0.410 e. The molecule has 11 nitrogen and oxygen atoms in total. The van der Waals surface area contributed by atoms with Crippen LogP contribution < -0.4 is 10.1 Å². The minimum Gasteiger partial charge on any atom is -0.410 e. The minimum atomic E-state index is -0.711. The Morgan fingerprint density at radius 1 is 0.861 bits per heavy atom. The van der Waals surface area contributed by atoms with Crippen LogP contribution in [0.15, 0.2) is 27.3 Å². The van der Waals surface area contributed by atoms with Gasteiger partial charge in [0.05, 0.1) is 12.1 Å². The van der Waals surface area contributed by atoms with Crippen LogP contribution in [-0.2, 0) is 9.68 Å². The molecular formula is C21H33N5O6S4. The maximum atomic E-state index is 11.6. The molecule has 202 valence electrons. The molecule has 0 aromatic heterocycles. The predicted molar refractivity (Wildman–Crippen MR) is 152 cm³/mol. The van der Waals surface area contributed by atoms with Crippen molar-refractivity contribution < 1.29 is 28.8 Å². The molecule has 1 N–H and O–H groups in total. The van der Waals surface area contributed by atoms with Gasteiger partial charge in [-0.3, -0.25) is 9.68 Å². The van der Waals surface area contributed by atoms with Crippen LogP contribution in [-0.4, -0.2) is 76.9 Å². The van der Waals surface area contributed by atoms with E-state index in [1.807, 2.05) is 44.7 Å². The van der Waals surface area contributed by atoms with Crippen molar-refractivity contribution in [3.63, 3.8) is 0 Å². The summed E-state index contributed by atoms with van der Waals surface area (Å²) in [6.07, 6.45) is 3.80. The van der Waals surface area contributed by atoms with Crippen LogP contribution >= 0.6 is 47.4 Å². The zero-order valence-corrected chi connectivity index (χ0v) is 25.3. The van der Waals surface area contributed by atoms with Gasteiger partial charge >= 0.3 is 18.3 Å². The van der Waals surface area contributed by atoms with E-state index in [0.717, 1.165) is 31.9 Å². The van der Waals surface area contributed by atoms with E-state index in [9.17, 15) is 14.4 Å². The Morgan fingerprint density at radius 3 is 1.61 bits per heavy atom. The van der Waals surface area contributed by atoms with Gasteiger partial charge in [-0.05, 0) is 69.7 Å². The van der Waals surface area contributed by atoms with Crippen molar-refractivity contribution in [2.24, 2.45) is 10.3 Å². The summed E-state index contributed by atoms with van der Waals surface area (Å²) in [5.74, 6) is 0.585. The van der Waals surface area contributed by atoms with Gasteiger partial charge in [-0.2, -0.15) is 0 Å². The summed E-state index contributed by atoms with van der Waals surface area (Å²) >= 11 is 5.21. The van der Waals surface area contributed by atoms with Crippen molar-refractivity contribution in [1.29, 1.82) is 0 Å². The van der Waals surface area contributed by atoms with Gasteiger partial charge in [-0.1, -0.05) is 10.3 Å². The van der Waals surface area contributed by atoms with Crippen LogP contribution in [0.5, 0.6) is 5.75 Å². The van der Waals surface area contributed by atoms with Crippen LogP contribution in [0.25, 0.3) is 0 Å². The number of ether oxygens (including phenoxy) is 1. The highest BCUT2D eigenvalue weighted by Crippen LogP contribution is 2.28. The highest BCUT2D eigenvalue weighted by Gasteiger charge is 2.19. The van der Waals surface area contributed by atoms with Crippen molar-refractivity contribution in [3.8, 4) is 5.75 Å². The number of nitrogens with one attached hydrogen (secondary N) is 1. The molecule has 0 aliphatic rings. The second-order valence-corrected chi connectivity index (χ2v) is 10.7. The van der Waals surface area contributed by atoms with Gasteiger partial charge in [0.1, 0.15) is 15.8 Å². The lowest BCUT2D eigenvalue weighted by Crippen LogP contribution is -2.28. The third kappa shape index (κ3) is 13.2. The molecule has 0 saturated carbocycles. The number of nitrogens with zero attached hydrogens (tertiary/aromatic N) is 4. The van der Waals surface area contributed by atoms with E-state index >= 15 is 0 Å². The van der Waals surface area contributed by atoms with E-state index < -0.39 is 18.3 Å². The molecule has 15 heteroatoms. The van der Waals surface area contributed by atoms with Crippen LogP contribution in [0.3, 0.4) is 0 Å². The summed E-state index contributed by atoms with van der Waals surface area (Å²) in [7, 11) is 4.42. The summed E-state index contributed by atoms with van der Waals surface area (Å²) in [6, 6.07) is 3.74. The van der Waals surface area contributed by atoms with Crippen molar-refractivity contribution in [2.75, 3.05) is 39.9 Å². The van der Waals surface area contributed by atoms with Gasteiger partial charge in [0.15, 0.2) is 0 Å². The number of amides is 3. The number of carbonyl (C=O) groups is 3. The second-order valence-electron chi connectivity index (χ2n) is 6.65. The van der Waals surface area contributed by atoms with Crippen LogP contribution in [0, 0.1) is 13.8 Å². The number of carbonyl (C=O) groups excluding carboxylic acids is 3. The second kappa shape index (κ2) is 18.1. The lowest BCUT2D eigenvalue weighted by atomic mass is 10.1. The van der Waals surface area contributed by atoms with Crippen molar-refractivity contribution in [1.82, 2.24) is 13.9 Å². The van der Waals surface area contributed by atoms with E-state index in [0.29, 0.717) is 15.8 Å². The number of oxime groups is 2. The summed E-state index contributed by atoms with van der Waals surface area (Å²) in [5.41, 5.74) is 2.25. The van der Waals surface area contributed by atoms with Crippen molar-refractivity contribution >= 4 is 75.8 Å².